The second kappa shape index (κ2) is 6.26. The molecular weight excluding hydrogens is 234 g/mol. The molecule has 1 aromatic carbocycles. The Balaban J connectivity index is 1.86. The zero-order valence-corrected chi connectivity index (χ0v) is 10.1. The van der Waals surface area contributed by atoms with Gasteiger partial charge in [0.1, 0.15) is 0 Å². The number of rotatable bonds is 5. The number of aliphatic hydroxyl groups is 3. The quantitative estimate of drug-likeness (QED) is 0.639. The van der Waals surface area contributed by atoms with Crippen LogP contribution in [-0.2, 0) is 11.3 Å². The van der Waals surface area contributed by atoms with E-state index in [1.165, 1.54) is 0 Å². The highest BCUT2D eigenvalue weighted by atomic mass is 16.6. The third kappa shape index (κ3) is 3.28. The van der Waals surface area contributed by atoms with E-state index < -0.39 is 12.5 Å². The molecule has 18 heavy (non-hydrogen) atoms. The number of benzene rings is 1. The van der Waals surface area contributed by atoms with Gasteiger partial charge < -0.3 is 20.1 Å². The van der Waals surface area contributed by atoms with Crippen molar-refractivity contribution in [2.45, 2.75) is 31.6 Å². The van der Waals surface area contributed by atoms with Crippen molar-refractivity contribution in [3.05, 3.63) is 35.9 Å². The van der Waals surface area contributed by atoms with E-state index in [0.717, 1.165) is 5.56 Å². The van der Waals surface area contributed by atoms with Crippen LogP contribution in [0.25, 0.3) is 0 Å². The average molecular weight is 253 g/mol. The molecule has 1 aliphatic rings. The summed E-state index contributed by atoms with van der Waals surface area (Å²) in [4.78, 5) is 1.58. The van der Waals surface area contributed by atoms with Crippen molar-refractivity contribution in [2.24, 2.45) is 0 Å². The summed E-state index contributed by atoms with van der Waals surface area (Å²) in [6.45, 7) is 0.525. The first-order valence-corrected chi connectivity index (χ1v) is 6.09. The number of aliphatic hydroxyl groups excluding tert-OH is 3. The predicted octanol–water partition coefficient (Wildman–Crippen LogP) is -0.0934. The minimum Gasteiger partial charge on any atom is -0.395 e. The standard InChI is InChI=1S/C13H19NO4/c15-8-11-6-12(16)7-14(11)13(17)18-9-10-4-2-1-3-5-10/h1-5,11-13,15-17H,6-9H2/t11-,12+,13?/m0/s1. The lowest BCUT2D eigenvalue weighted by atomic mass is 10.2. The number of nitrogens with zero attached hydrogens (tertiary/aromatic N) is 1. The Morgan fingerprint density at radius 3 is 2.72 bits per heavy atom. The van der Waals surface area contributed by atoms with E-state index in [1.807, 2.05) is 30.3 Å². The number of β-amino-alcohol motifs (C(OH)–C–C–N with tert-alkyl or cyclic N) is 1. The van der Waals surface area contributed by atoms with Gasteiger partial charge in [-0.05, 0) is 12.0 Å². The molecular formula is C13H19NO4. The van der Waals surface area contributed by atoms with Crippen molar-refractivity contribution in [3.63, 3.8) is 0 Å². The minimum absolute atomic E-state index is 0.0944. The van der Waals surface area contributed by atoms with E-state index >= 15 is 0 Å². The van der Waals surface area contributed by atoms with Crippen LogP contribution < -0.4 is 0 Å². The van der Waals surface area contributed by atoms with E-state index in [4.69, 9.17) is 9.84 Å². The molecule has 0 radical (unpaired) electrons. The number of hydrogen-bond acceptors (Lipinski definition) is 5. The number of hydrogen-bond donors (Lipinski definition) is 3. The van der Waals surface area contributed by atoms with Crippen LogP contribution in [-0.4, -0.2) is 51.9 Å². The van der Waals surface area contributed by atoms with Gasteiger partial charge >= 0.3 is 0 Å². The van der Waals surface area contributed by atoms with Crippen molar-refractivity contribution >= 4 is 0 Å². The van der Waals surface area contributed by atoms with Crippen LogP contribution in [0.1, 0.15) is 12.0 Å². The fraction of sp³-hybridized carbons (Fsp3) is 0.538. The fourth-order valence-electron chi connectivity index (χ4n) is 2.21. The lowest BCUT2D eigenvalue weighted by molar-refractivity contribution is -0.207. The summed E-state index contributed by atoms with van der Waals surface area (Å²) < 4.78 is 5.35. The molecule has 0 aromatic heterocycles. The molecule has 5 heteroatoms. The molecule has 0 amide bonds. The van der Waals surface area contributed by atoms with Crippen molar-refractivity contribution in [1.29, 1.82) is 0 Å². The van der Waals surface area contributed by atoms with Crippen LogP contribution in [0.15, 0.2) is 30.3 Å². The van der Waals surface area contributed by atoms with Gasteiger partial charge in [-0.25, -0.2) is 4.90 Å². The van der Waals surface area contributed by atoms with Gasteiger partial charge in [0.15, 0.2) is 0 Å². The van der Waals surface area contributed by atoms with Crippen molar-refractivity contribution in [1.82, 2.24) is 4.90 Å². The molecule has 1 fully saturated rings. The molecule has 0 saturated carbocycles. The second-order valence-corrected chi connectivity index (χ2v) is 4.55. The van der Waals surface area contributed by atoms with Gasteiger partial charge in [-0.1, -0.05) is 30.3 Å². The molecule has 5 nitrogen and oxygen atoms in total. The maximum atomic E-state index is 9.91. The molecule has 1 aliphatic heterocycles. The normalized spacial score (nSPS) is 26.4. The van der Waals surface area contributed by atoms with Gasteiger partial charge in [0.25, 0.3) is 0 Å². The Morgan fingerprint density at radius 2 is 2.06 bits per heavy atom. The topological polar surface area (TPSA) is 73.2 Å². The molecule has 0 aliphatic carbocycles. The van der Waals surface area contributed by atoms with E-state index in [9.17, 15) is 10.2 Å². The summed E-state index contributed by atoms with van der Waals surface area (Å²) in [5, 5.41) is 28.6. The van der Waals surface area contributed by atoms with Gasteiger partial charge in [0, 0.05) is 12.6 Å². The summed E-state index contributed by atoms with van der Waals surface area (Å²) in [7, 11) is 0. The first-order valence-electron chi connectivity index (χ1n) is 6.09. The molecule has 1 aromatic rings. The van der Waals surface area contributed by atoms with Gasteiger partial charge in [-0.2, -0.15) is 0 Å². The van der Waals surface area contributed by atoms with Crippen molar-refractivity contribution in [3.8, 4) is 0 Å². The van der Waals surface area contributed by atoms with E-state index in [0.29, 0.717) is 19.6 Å². The van der Waals surface area contributed by atoms with Crippen LogP contribution >= 0.6 is 0 Å². The predicted molar refractivity (Wildman–Crippen MR) is 65.4 cm³/mol. The monoisotopic (exact) mass is 253 g/mol. The number of ether oxygens (including phenoxy) is 1. The lowest BCUT2D eigenvalue weighted by Gasteiger charge is -2.27. The number of likely N-dealkylation sites (tertiary alicyclic amines) is 1. The molecule has 2 rings (SSSR count). The molecule has 3 N–H and O–H groups in total. The molecule has 1 heterocycles. The Kier molecular flexibility index (Phi) is 4.68. The lowest BCUT2D eigenvalue weighted by Crippen LogP contribution is -2.42. The third-order valence-electron chi connectivity index (χ3n) is 3.17. The van der Waals surface area contributed by atoms with Crippen LogP contribution in [0.3, 0.4) is 0 Å². The summed E-state index contributed by atoms with van der Waals surface area (Å²) in [6, 6.07) is 9.30. The van der Waals surface area contributed by atoms with Crippen LogP contribution in [0.2, 0.25) is 0 Å². The highest BCUT2D eigenvalue weighted by molar-refractivity contribution is 5.13. The second-order valence-electron chi connectivity index (χ2n) is 4.55. The van der Waals surface area contributed by atoms with Gasteiger partial charge in [0.05, 0.1) is 19.3 Å². The molecule has 100 valence electrons. The molecule has 1 unspecified atom stereocenters. The van der Waals surface area contributed by atoms with E-state index in [-0.39, 0.29) is 12.6 Å². The Bertz CT molecular complexity index is 359. The van der Waals surface area contributed by atoms with E-state index in [1.54, 1.807) is 4.90 Å². The van der Waals surface area contributed by atoms with Crippen molar-refractivity contribution in [2.75, 3.05) is 13.2 Å². The largest absolute Gasteiger partial charge is 0.395 e. The Morgan fingerprint density at radius 1 is 1.33 bits per heavy atom. The highest BCUT2D eigenvalue weighted by Gasteiger charge is 2.34. The zero-order chi connectivity index (χ0) is 13.0. The molecule has 0 bridgehead atoms. The summed E-state index contributed by atoms with van der Waals surface area (Å²) >= 11 is 0. The first-order chi connectivity index (χ1) is 8.70. The zero-order valence-electron chi connectivity index (χ0n) is 10.1. The van der Waals surface area contributed by atoms with Crippen LogP contribution in [0.4, 0.5) is 0 Å². The smallest absolute Gasteiger partial charge is 0.216 e. The SMILES string of the molecule is OC[C@@H]1C[C@@H](O)CN1C(O)OCc1ccccc1. The molecule has 1 saturated heterocycles. The van der Waals surface area contributed by atoms with E-state index in [2.05, 4.69) is 0 Å². The summed E-state index contributed by atoms with van der Waals surface area (Å²) in [5.41, 5.74) is 0.969. The first kappa shape index (κ1) is 13.5. The molecule has 0 spiro atoms. The summed E-state index contributed by atoms with van der Waals surface area (Å²) in [5.74, 6) is 0. The van der Waals surface area contributed by atoms with Gasteiger partial charge in [0.2, 0.25) is 6.41 Å². The Hall–Kier alpha value is -0.980. The third-order valence-corrected chi connectivity index (χ3v) is 3.17. The maximum absolute atomic E-state index is 9.91. The van der Waals surface area contributed by atoms with Gasteiger partial charge in [-0.15, -0.1) is 0 Å². The fourth-order valence-corrected chi connectivity index (χ4v) is 2.21. The Labute approximate surface area is 106 Å². The molecule has 3 atom stereocenters. The minimum atomic E-state index is -1.10. The average Bonchev–Trinajstić information content (AvgIpc) is 2.78. The maximum Gasteiger partial charge on any atom is 0.216 e. The van der Waals surface area contributed by atoms with Crippen LogP contribution in [0.5, 0.6) is 0 Å². The highest BCUT2D eigenvalue weighted by Crippen LogP contribution is 2.20. The van der Waals surface area contributed by atoms with Crippen molar-refractivity contribution < 1.29 is 20.1 Å². The van der Waals surface area contributed by atoms with Crippen LogP contribution in [0, 0.1) is 0 Å². The van der Waals surface area contributed by atoms with Gasteiger partial charge in [-0.3, -0.25) is 0 Å². The summed E-state index contributed by atoms with van der Waals surface area (Å²) in [6.07, 6.45) is -1.15.